The minimum Gasteiger partial charge on any atom is -0.496 e. The van der Waals surface area contributed by atoms with E-state index in [-0.39, 0.29) is 21.1 Å². The van der Waals surface area contributed by atoms with Crippen LogP contribution in [0.15, 0.2) is 81.0 Å². The van der Waals surface area contributed by atoms with Gasteiger partial charge in [-0.3, -0.25) is 9.52 Å². The molecule has 1 saturated heterocycles. The summed E-state index contributed by atoms with van der Waals surface area (Å²) < 4.78 is 61.2. The first-order valence-corrected chi connectivity index (χ1v) is 14.7. The van der Waals surface area contributed by atoms with E-state index in [0.29, 0.717) is 24.5 Å². The summed E-state index contributed by atoms with van der Waals surface area (Å²) in [6.45, 7) is 0.893. The third-order valence-corrected chi connectivity index (χ3v) is 9.46. The van der Waals surface area contributed by atoms with Crippen molar-refractivity contribution in [1.29, 1.82) is 0 Å². The molecule has 1 aliphatic rings. The van der Waals surface area contributed by atoms with Crippen molar-refractivity contribution in [3.05, 3.63) is 76.8 Å². The zero-order chi connectivity index (χ0) is 25.9. The number of benzene rings is 3. The average Bonchev–Trinajstić information content (AvgIpc) is 3.41. The summed E-state index contributed by atoms with van der Waals surface area (Å²) in [5.74, 6) is -0.375. The maximum atomic E-state index is 13.0. The largest absolute Gasteiger partial charge is 0.496 e. The molecule has 2 N–H and O–H groups in total. The van der Waals surface area contributed by atoms with Crippen molar-refractivity contribution < 1.29 is 26.4 Å². The number of rotatable bonds is 8. The minimum atomic E-state index is -3.83. The van der Waals surface area contributed by atoms with E-state index in [1.165, 1.54) is 53.9 Å². The fraction of sp³-hybridized carbons (Fsp3) is 0.208. The van der Waals surface area contributed by atoms with Gasteiger partial charge in [0.2, 0.25) is 10.0 Å². The van der Waals surface area contributed by atoms with Crippen LogP contribution in [0.5, 0.6) is 5.75 Å². The molecule has 0 radical (unpaired) electrons. The first-order valence-electron chi connectivity index (χ1n) is 11.0. The normalized spacial score (nSPS) is 14.4. The SMILES string of the molecule is COc1ccc(S(=O)(=O)N2CCCC2)cc1C(=O)Nc1ccc(S(=O)(=O)Nc2ccc(Br)cc2)cc1. The van der Waals surface area contributed by atoms with E-state index in [2.05, 4.69) is 26.0 Å². The Labute approximate surface area is 218 Å². The summed E-state index contributed by atoms with van der Waals surface area (Å²) in [5, 5.41) is 2.67. The van der Waals surface area contributed by atoms with Crippen molar-refractivity contribution in [2.45, 2.75) is 22.6 Å². The number of methoxy groups -OCH3 is 1. The first kappa shape index (κ1) is 26.1. The molecule has 12 heteroatoms. The van der Waals surface area contributed by atoms with Crippen LogP contribution in [0.4, 0.5) is 11.4 Å². The smallest absolute Gasteiger partial charge is 0.261 e. The molecular weight excluding hydrogens is 570 g/mol. The lowest BCUT2D eigenvalue weighted by Crippen LogP contribution is -2.28. The van der Waals surface area contributed by atoms with Crippen LogP contribution in [-0.4, -0.2) is 47.2 Å². The molecule has 4 rings (SSSR count). The number of amides is 1. The monoisotopic (exact) mass is 593 g/mol. The maximum Gasteiger partial charge on any atom is 0.261 e. The van der Waals surface area contributed by atoms with Crippen molar-refractivity contribution in [2.75, 3.05) is 30.2 Å². The highest BCUT2D eigenvalue weighted by Gasteiger charge is 2.28. The van der Waals surface area contributed by atoms with Gasteiger partial charge in [-0.1, -0.05) is 15.9 Å². The second-order valence-electron chi connectivity index (χ2n) is 8.06. The van der Waals surface area contributed by atoms with Crippen LogP contribution in [0.1, 0.15) is 23.2 Å². The van der Waals surface area contributed by atoms with Crippen LogP contribution in [0.25, 0.3) is 0 Å². The predicted octanol–water partition coefficient (Wildman–Crippen LogP) is 4.30. The number of hydrogen-bond donors (Lipinski definition) is 2. The lowest BCUT2D eigenvalue weighted by atomic mass is 10.2. The fourth-order valence-corrected chi connectivity index (χ4v) is 6.62. The lowest BCUT2D eigenvalue weighted by molar-refractivity contribution is 0.102. The number of hydrogen-bond acceptors (Lipinski definition) is 6. The Morgan fingerprint density at radius 3 is 2.06 bits per heavy atom. The Balaban J connectivity index is 1.52. The highest BCUT2D eigenvalue weighted by molar-refractivity contribution is 9.10. The highest BCUT2D eigenvalue weighted by atomic mass is 79.9. The Bertz CT molecular complexity index is 1470. The molecule has 9 nitrogen and oxygen atoms in total. The number of nitrogens with one attached hydrogen (secondary N) is 2. The average molecular weight is 595 g/mol. The highest BCUT2D eigenvalue weighted by Crippen LogP contribution is 2.28. The molecule has 1 amide bonds. The quantitative estimate of drug-likeness (QED) is 0.401. The van der Waals surface area contributed by atoms with E-state index in [4.69, 9.17) is 4.74 Å². The van der Waals surface area contributed by atoms with E-state index in [0.717, 1.165) is 17.3 Å². The fourth-order valence-electron chi connectivity index (χ4n) is 3.75. The van der Waals surface area contributed by atoms with Gasteiger partial charge < -0.3 is 10.1 Å². The molecule has 0 unspecified atom stereocenters. The molecule has 3 aromatic rings. The Morgan fingerprint density at radius 2 is 1.44 bits per heavy atom. The summed E-state index contributed by atoms with van der Waals surface area (Å²) in [4.78, 5) is 13.0. The third kappa shape index (κ3) is 5.72. The van der Waals surface area contributed by atoms with E-state index in [9.17, 15) is 21.6 Å². The Morgan fingerprint density at radius 1 is 0.861 bits per heavy atom. The molecule has 1 aliphatic heterocycles. The molecule has 1 heterocycles. The summed E-state index contributed by atoms with van der Waals surface area (Å²) in [5.41, 5.74) is 0.787. The zero-order valence-corrected chi connectivity index (χ0v) is 22.5. The van der Waals surface area contributed by atoms with Crippen molar-refractivity contribution in [2.24, 2.45) is 0 Å². The van der Waals surface area contributed by atoms with Gasteiger partial charge in [-0.25, -0.2) is 16.8 Å². The molecule has 0 aliphatic carbocycles. The van der Waals surface area contributed by atoms with Crippen molar-refractivity contribution >= 4 is 53.3 Å². The third-order valence-electron chi connectivity index (χ3n) is 5.64. The van der Waals surface area contributed by atoms with Crippen molar-refractivity contribution in [1.82, 2.24) is 4.31 Å². The van der Waals surface area contributed by atoms with E-state index in [1.807, 2.05) is 0 Å². The van der Waals surface area contributed by atoms with Gasteiger partial charge in [0.15, 0.2) is 0 Å². The standard InChI is InChI=1S/C24H24BrN3O6S2/c1-34-23-13-12-21(36(32,33)28-14-2-3-15-28)16-22(23)24(29)26-18-8-10-20(11-9-18)35(30,31)27-19-6-4-17(25)5-7-19/h4-13,16,27H,2-3,14-15H2,1H3,(H,26,29). The van der Waals surface area contributed by atoms with Crippen LogP contribution in [0, 0.1) is 0 Å². The number of carbonyl (C=O) groups excluding carboxylic acids is 1. The van der Waals surface area contributed by atoms with Crippen LogP contribution in [0.2, 0.25) is 0 Å². The summed E-state index contributed by atoms with van der Waals surface area (Å²) >= 11 is 3.30. The molecule has 1 fully saturated rings. The number of ether oxygens (including phenoxy) is 1. The van der Waals surface area contributed by atoms with Gasteiger partial charge in [-0.05, 0) is 79.6 Å². The van der Waals surface area contributed by atoms with Gasteiger partial charge in [-0.2, -0.15) is 4.31 Å². The van der Waals surface area contributed by atoms with Gasteiger partial charge in [0, 0.05) is 28.9 Å². The molecule has 190 valence electrons. The van der Waals surface area contributed by atoms with E-state index >= 15 is 0 Å². The lowest BCUT2D eigenvalue weighted by Gasteiger charge is -2.17. The number of halogens is 1. The summed E-state index contributed by atoms with van der Waals surface area (Å²) in [7, 11) is -6.17. The van der Waals surface area contributed by atoms with Gasteiger partial charge in [0.25, 0.3) is 15.9 Å². The Hall–Kier alpha value is -2.93. The summed E-state index contributed by atoms with van der Waals surface area (Å²) in [6.07, 6.45) is 1.60. The van der Waals surface area contributed by atoms with Gasteiger partial charge in [0.1, 0.15) is 5.75 Å². The minimum absolute atomic E-state index is 0.0100. The number of nitrogens with zero attached hydrogens (tertiary/aromatic N) is 1. The molecule has 0 aromatic heterocycles. The zero-order valence-electron chi connectivity index (χ0n) is 19.3. The molecule has 3 aromatic carbocycles. The number of anilines is 2. The molecule has 0 atom stereocenters. The molecular formula is C24H24BrN3O6S2. The number of carbonyl (C=O) groups is 1. The van der Waals surface area contributed by atoms with Crippen LogP contribution in [0.3, 0.4) is 0 Å². The van der Waals surface area contributed by atoms with Gasteiger partial charge >= 0.3 is 0 Å². The van der Waals surface area contributed by atoms with Crippen molar-refractivity contribution in [3.63, 3.8) is 0 Å². The van der Waals surface area contributed by atoms with E-state index in [1.54, 1.807) is 24.3 Å². The summed E-state index contributed by atoms with van der Waals surface area (Å²) in [6, 6.07) is 16.5. The molecule has 0 saturated carbocycles. The van der Waals surface area contributed by atoms with Crippen LogP contribution < -0.4 is 14.8 Å². The first-order chi connectivity index (χ1) is 17.1. The predicted molar refractivity (Wildman–Crippen MR) is 140 cm³/mol. The van der Waals surface area contributed by atoms with Crippen molar-refractivity contribution in [3.8, 4) is 5.75 Å². The molecule has 0 bridgehead atoms. The topological polar surface area (TPSA) is 122 Å². The second-order valence-corrected chi connectivity index (χ2v) is 12.6. The molecule has 36 heavy (non-hydrogen) atoms. The second kappa shape index (κ2) is 10.6. The number of sulfonamides is 2. The van der Waals surface area contributed by atoms with Gasteiger partial charge in [-0.15, -0.1) is 0 Å². The maximum absolute atomic E-state index is 13.0. The molecule has 0 spiro atoms. The van der Waals surface area contributed by atoms with Crippen LogP contribution in [-0.2, 0) is 20.0 Å². The van der Waals surface area contributed by atoms with Crippen LogP contribution >= 0.6 is 15.9 Å². The Kier molecular flexibility index (Phi) is 7.69. The van der Waals surface area contributed by atoms with E-state index < -0.39 is 26.0 Å². The van der Waals surface area contributed by atoms with Gasteiger partial charge in [0.05, 0.1) is 22.5 Å².